The summed E-state index contributed by atoms with van der Waals surface area (Å²) in [5.41, 5.74) is 0. The van der Waals surface area contributed by atoms with Gasteiger partial charge in [0.15, 0.2) is 0 Å². The molecule has 0 bridgehead atoms. The van der Waals surface area contributed by atoms with E-state index in [1.54, 1.807) is 6.33 Å². The Morgan fingerprint density at radius 3 is 3.00 bits per heavy atom. The van der Waals surface area contributed by atoms with E-state index in [4.69, 9.17) is 4.74 Å². The Morgan fingerprint density at radius 1 is 1.50 bits per heavy atom. The fourth-order valence-corrected chi connectivity index (χ4v) is 2.20. The molecule has 2 rings (SSSR count). The minimum atomic E-state index is 0.583. The minimum absolute atomic E-state index is 0.583. The molecule has 0 saturated carbocycles. The largest absolute Gasteiger partial charge is 0.381 e. The maximum absolute atomic E-state index is 5.32. The van der Waals surface area contributed by atoms with E-state index in [1.165, 1.54) is 0 Å². The molecular weight excluding hydrogens is 272 g/mol. The third kappa shape index (κ3) is 2.62. The predicted octanol–water partition coefficient (Wildman–Crippen LogP) is 1.73. The molecule has 2 N–H and O–H groups in total. The Labute approximate surface area is 103 Å². The molecule has 2 heterocycles. The standard InChI is InChI=1S/C10H15BrN4O/c1-12-9-8(11)10(15-6-14-9)13-4-7-2-3-16-5-7/h6-7H,2-5H2,1H3,(H2,12,13,14,15). The minimum Gasteiger partial charge on any atom is -0.381 e. The first-order valence-electron chi connectivity index (χ1n) is 5.31. The molecule has 1 aliphatic heterocycles. The van der Waals surface area contributed by atoms with Crippen LogP contribution in [0.15, 0.2) is 10.8 Å². The number of anilines is 2. The van der Waals surface area contributed by atoms with Gasteiger partial charge in [-0.1, -0.05) is 0 Å². The lowest BCUT2D eigenvalue weighted by molar-refractivity contribution is 0.187. The van der Waals surface area contributed by atoms with Crippen LogP contribution in [-0.2, 0) is 4.74 Å². The zero-order valence-electron chi connectivity index (χ0n) is 9.16. The molecule has 1 unspecified atom stereocenters. The van der Waals surface area contributed by atoms with Crippen molar-refractivity contribution in [1.82, 2.24) is 9.97 Å². The van der Waals surface area contributed by atoms with Gasteiger partial charge in [-0.05, 0) is 22.4 Å². The van der Waals surface area contributed by atoms with E-state index >= 15 is 0 Å². The fourth-order valence-electron chi connectivity index (χ4n) is 1.65. The normalized spacial score (nSPS) is 19.8. The first kappa shape index (κ1) is 11.6. The lowest BCUT2D eigenvalue weighted by atomic mass is 10.1. The van der Waals surface area contributed by atoms with Crippen LogP contribution >= 0.6 is 15.9 Å². The summed E-state index contributed by atoms with van der Waals surface area (Å²) in [5, 5.41) is 6.31. The SMILES string of the molecule is CNc1ncnc(NCC2CCOC2)c1Br. The van der Waals surface area contributed by atoms with Gasteiger partial charge in [0.25, 0.3) is 0 Å². The van der Waals surface area contributed by atoms with E-state index in [0.717, 1.165) is 42.3 Å². The van der Waals surface area contributed by atoms with E-state index in [1.807, 2.05) is 7.05 Å². The smallest absolute Gasteiger partial charge is 0.145 e. The zero-order chi connectivity index (χ0) is 11.4. The Balaban J connectivity index is 1.97. The average molecular weight is 287 g/mol. The van der Waals surface area contributed by atoms with Crippen molar-refractivity contribution in [2.75, 3.05) is 37.4 Å². The highest BCUT2D eigenvalue weighted by Crippen LogP contribution is 2.26. The van der Waals surface area contributed by atoms with Crippen molar-refractivity contribution in [3.8, 4) is 0 Å². The van der Waals surface area contributed by atoms with Crippen molar-refractivity contribution in [3.63, 3.8) is 0 Å². The van der Waals surface area contributed by atoms with Crippen molar-refractivity contribution >= 4 is 27.6 Å². The summed E-state index contributed by atoms with van der Waals surface area (Å²) >= 11 is 3.47. The van der Waals surface area contributed by atoms with Crippen LogP contribution in [0.2, 0.25) is 0 Å². The first-order valence-corrected chi connectivity index (χ1v) is 6.10. The number of rotatable bonds is 4. The van der Waals surface area contributed by atoms with Crippen LogP contribution in [0, 0.1) is 5.92 Å². The van der Waals surface area contributed by atoms with E-state index in [2.05, 4.69) is 36.5 Å². The molecule has 1 saturated heterocycles. The summed E-state index contributed by atoms with van der Waals surface area (Å²) in [7, 11) is 1.84. The Bertz CT molecular complexity index is 355. The van der Waals surface area contributed by atoms with Crippen molar-refractivity contribution in [2.45, 2.75) is 6.42 Å². The Morgan fingerprint density at radius 2 is 2.31 bits per heavy atom. The molecule has 0 aliphatic carbocycles. The zero-order valence-corrected chi connectivity index (χ0v) is 10.7. The molecule has 1 fully saturated rings. The lowest BCUT2D eigenvalue weighted by Crippen LogP contribution is -2.15. The fraction of sp³-hybridized carbons (Fsp3) is 0.600. The maximum Gasteiger partial charge on any atom is 0.145 e. The molecule has 16 heavy (non-hydrogen) atoms. The number of hydrogen-bond donors (Lipinski definition) is 2. The maximum atomic E-state index is 5.32. The third-order valence-electron chi connectivity index (χ3n) is 2.61. The van der Waals surface area contributed by atoms with Crippen molar-refractivity contribution in [1.29, 1.82) is 0 Å². The molecule has 0 spiro atoms. The van der Waals surface area contributed by atoms with Crippen molar-refractivity contribution in [2.24, 2.45) is 5.92 Å². The highest BCUT2D eigenvalue weighted by molar-refractivity contribution is 9.10. The van der Waals surface area contributed by atoms with Gasteiger partial charge in [-0.25, -0.2) is 9.97 Å². The van der Waals surface area contributed by atoms with Gasteiger partial charge >= 0.3 is 0 Å². The van der Waals surface area contributed by atoms with Crippen molar-refractivity contribution < 1.29 is 4.74 Å². The summed E-state index contributed by atoms with van der Waals surface area (Å²) in [6.45, 7) is 2.60. The molecule has 1 aromatic rings. The summed E-state index contributed by atoms with van der Waals surface area (Å²) in [4.78, 5) is 8.30. The topological polar surface area (TPSA) is 59.1 Å². The lowest BCUT2D eigenvalue weighted by Gasteiger charge is -2.12. The van der Waals surface area contributed by atoms with Crippen molar-refractivity contribution in [3.05, 3.63) is 10.8 Å². The number of ether oxygens (including phenoxy) is 1. The second kappa shape index (κ2) is 5.45. The van der Waals surface area contributed by atoms with Crippen LogP contribution in [-0.4, -0.2) is 36.8 Å². The molecule has 5 nitrogen and oxygen atoms in total. The number of halogens is 1. The van der Waals surface area contributed by atoms with Gasteiger partial charge in [-0.15, -0.1) is 0 Å². The second-order valence-corrected chi connectivity index (χ2v) is 4.54. The molecular formula is C10H15BrN4O. The molecule has 1 atom stereocenters. The summed E-state index contributed by atoms with van der Waals surface area (Å²) in [5.74, 6) is 2.20. The van der Waals surface area contributed by atoms with Gasteiger partial charge in [-0.3, -0.25) is 0 Å². The first-order chi connectivity index (χ1) is 7.81. The van der Waals surface area contributed by atoms with Gasteiger partial charge < -0.3 is 15.4 Å². The van der Waals surface area contributed by atoms with Crippen LogP contribution in [0.4, 0.5) is 11.6 Å². The molecule has 0 aromatic carbocycles. The quantitative estimate of drug-likeness (QED) is 0.883. The van der Waals surface area contributed by atoms with Gasteiger partial charge in [0.2, 0.25) is 0 Å². The number of nitrogens with one attached hydrogen (secondary N) is 2. The highest BCUT2D eigenvalue weighted by atomic mass is 79.9. The molecule has 1 aliphatic rings. The predicted molar refractivity (Wildman–Crippen MR) is 66.7 cm³/mol. The van der Waals surface area contributed by atoms with E-state index in [0.29, 0.717) is 5.92 Å². The average Bonchev–Trinajstić information content (AvgIpc) is 2.81. The molecule has 1 aromatic heterocycles. The van der Waals surface area contributed by atoms with E-state index < -0.39 is 0 Å². The van der Waals surface area contributed by atoms with E-state index in [-0.39, 0.29) is 0 Å². The monoisotopic (exact) mass is 286 g/mol. The summed E-state index contributed by atoms with van der Waals surface area (Å²) in [6.07, 6.45) is 2.67. The third-order valence-corrected chi connectivity index (χ3v) is 3.36. The number of hydrogen-bond acceptors (Lipinski definition) is 5. The van der Waals surface area contributed by atoms with Crippen LogP contribution in [0.1, 0.15) is 6.42 Å². The van der Waals surface area contributed by atoms with Crippen LogP contribution in [0.25, 0.3) is 0 Å². The van der Waals surface area contributed by atoms with Gasteiger partial charge in [0.1, 0.15) is 22.4 Å². The van der Waals surface area contributed by atoms with Crippen LogP contribution in [0.5, 0.6) is 0 Å². The number of aromatic nitrogens is 2. The molecule has 0 amide bonds. The number of nitrogens with zero attached hydrogens (tertiary/aromatic N) is 2. The summed E-state index contributed by atoms with van der Waals surface area (Å²) < 4.78 is 6.20. The summed E-state index contributed by atoms with van der Waals surface area (Å²) in [6, 6.07) is 0. The second-order valence-electron chi connectivity index (χ2n) is 3.75. The Hall–Kier alpha value is -0.880. The Kier molecular flexibility index (Phi) is 3.95. The molecule has 0 radical (unpaired) electrons. The van der Waals surface area contributed by atoms with Gasteiger partial charge in [0, 0.05) is 26.1 Å². The van der Waals surface area contributed by atoms with Crippen LogP contribution in [0.3, 0.4) is 0 Å². The molecule has 88 valence electrons. The van der Waals surface area contributed by atoms with Crippen LogP contribution < -0.4 is 10.6 Å². The van der Waals surface area contributed by atoms with E-state index in [9.17, 15) is 0 Å². The van der Waals surface area contributed by atoms with Gasteiger partial charge in [0.05, 0.1) is 6.61 Å². The molecule has 6 heteroatoms. The van der Waals surface area contributed by atoms with Gasteiger partial charge in [-0.2, -0.15) is 0 Å². The highest BCUT2D eigenvalue weighted by Gasteiger charge is 2.16.